The molecule has 2 atom stereocenters. The molecule has 0 spiro atoms. The number of rotatable bonds is 2. The molecule has 106 valence electrons. The largest absolute Gasteiger partial charge is 0.485 e. The van der Waals surface area contributed by atoms with Crippen LogP contribution in [0.25, 0.3) is 10.9 Å². The van der Waals surface area contributed by atoms with Gasteiger partial charge in [0.1, 0.15) is 17.4 Å². The lowest BCUT2D eigenvalue weighted by molar-refractivity contribution is 0.0195. The predicted octanol–water partition coefficient (Wildman–Crippen LogP) is 3.70. The maximum absolute atomic E-state index is 10.3. The van der Waals surface area contributed by atoms with Gasteiger partial charge in [0, 0.05) is 11.6 Å². The van der Waals surface area contributed by atoms with Crippen LogP contribution in [0.15, 0.2) is 36.5 Å². The van der Waals surface area contributed by atoms with Crippen LogP contribution in [0.5, 0.6) is 5.75 Å². The van der Waals surface area contributed by atoms with Gasteiger partial charge in [-0.3, -0.25) is 4.98 Å². The van der Waals surface area contributed by atoms with Crippen molar-refractivity contribution >= 4 is 10.9 Å². The first-order valence-corrected chi connectivity index (χ1v) is 7.53. The Labute approximate surface area is 119 Å². The van der Waals surface area contributed by atoms with Gasteiger partial charge in [0.25, 0.3) is 0 Å². The second-order valence-corrected chi connectivity index (χ2v) is 5.55. The second-order valence-electron chi connectivity index (χ2n) is 5.55. The summed E-state index contributed by atoms with van der Waals surface area (Å²) in [6.45, 7) is 0. The fourth-order valence-electron chi connectivity index (χ4n) is 2.90. The van der Waals surface area contributed by atoms with Gasteiger partial charge in [-0.25, -0.2) is 0 Å². The third kappa shape index (κ3) is 2.93. The predicted molar refractivity (Wildman–Crippen MR) is 79.9 cm³/mol. The van der Waals surface area contributed by atoms with Crippen molar-refractivity contribution in [1.29, 1.82) is 0 Å². The molecule has 1 aliphatic carbocycles. The molecule has 2 unspecified atom stereocenters. The van der Waals surface area contributed by atoms with Gasteiger partial charge in [0.05, 0.1) is 6.10 Å². The van der Waals surface area contributed by atoms with E-state index in [4.69, 9.17) is 4.74 Å². The summed E-state index contributed by atoms with van der Waals surface area (Å²) in [5.74, 6) is 0.785. The van der Waals surface area contributed by atoms with Crippen LogP contribution in [0, 0.1) is 0 Å². The van der Waals surface area contributed by atoms with Gasteiger partial charge in [-0.15, -0.1) is 0 Å². The fourth-order valence-corrected chi connectivity index (χ4v) is 2.90. The van der Waals surface area contributed by atoms with Crippen molar-refractivity contribution in [2.75, 3.05) is 0 Å². The number of nitrogens with zero attached hydrogens (tertiary/aromatic N) is 1. The molecule has 1 fully saturated rings. The molecular weight excluding hydrogens is 250 g/mol. The third-order valence-electron chi connectivity index (χ3n) is 4.04. The van der Waals surface area contributed by atoms with Crippen molar-refractivity contribution in [3.8, 4) is 5.75 Å². The number of aliphatic hydroxyl groups is 1. The summed E-state index contributed by atoms with van der Waals surface area (Å²) in [7, 11) is 0. The molecule has 20 heavy (non-hydrogen) atoms. The van der Waals surface area contributed by atoms with Crippen molar-refractivity contribution in [2.24, 2.45) is 0 Å². The smallest absolute Gasteiger partial charge is 0.146 e. The molecule has 3 rings (SSSR count). The van der Waals surface area contributed by atoms with E-state index in [2.05, 4.69) is 4.98 Å². The van der Waals surface area contributed by atoms with Crippen LogP contribution in [-0.2, 0) is 0 Å². The zero-order valence-electron chi connectivity index (χ0n) is 11.7. The Morgan fingerprint density at radius 3 is 2.70 bits per heavy atom. The average molecular weight is 271 g/mol. The maximum Gasteiger partial charge on any atom is 0.146 e. The maximum atomic E-state index is 10.3. The zero-order valence-corrected chi connectivity index (χ0v) is 11.7. The first-order valence-electron chi connectivity index (χ1n) is 7.53. The Morgan fingerprint density at radius 1 is 1.00 bits per heavy atom. The average Bonchev–Trinajstić information content (AvgIpc) is 2.47. The Bertz CT molecular complexity index is 564. The number of benzene rings is 1. The van der Waals surface area contributed by atoms with Gasteiger partial charge in [-0.05, 0) is 31.4 Å². The number of hydrogen-bond donors (Lipinski definition) is 1. The van der Waals surface area contributed by atoms with Crippen LogP contribution in [0.4, 0.5) is 0 Å². The first-order chi connectivity index (χ1) is 9.84. The monoisotopic (exact) mass is 271 g/mol. The molecule has 3 nitrogen and oxygen atoms in total. The van der Waals surface area contributed by atoms with Crippen molar-refractivity contribution in [3.05, 3.63) is 36.5 Å². The van der Waals surface area contributed by atoms with Crippen LogP contribution in [0.2, 0.25) is 0 Å². The fraction of sp³-hybridized carbons (Fsp3) is 0.471. The van der Waals surface area contributed by atoms with E-state index in [0.717, 1.165) is 42.3 Å². The van der Waals surface area contributed by atoms with E-state index in [1.54, 1.807) is 6.20 Å². The molecule has 2 aromatic rings. The van der Waals surface area contributed by atoms with E-state index < -0.39 is 0 Å². The molecule has 3 heteroatoms. The molecule has 1 aromatic carbocycles. The van der Waals surface area contributed by atoms with Crippen molar-refractivity contribution in [3.63, 3.8) is 0 Å². The second kappa shape index (κ2) is 6.23. The number of aliphatic hydroxyl groups excluding tert-OH is 1. The summed E-state index contributed by atoms with van der Waals surface area (Å²) in [6, 6.07) is 9.92. The Morgan fingerprint density at radius 2 is 1.80 bits per heavy atom. The Kier molecular flexibility index (Phi) is 4.16. The van der Waals surface area contributed by atoms with Crippen LogP contribution in [-0.4, -0.2) is 22.3 Å². The Balaban J connectivity index is 1.84. The number of aromatic nitrogens is 1. The molecule has 0 aliphatic heterocycles. The molecule has 0 amide bonds. The lowest BCUT2D eigenvalue weighted by Gasteiger charge is -2.26. The SMILES string of the molecule is OC1CCCCCCC1Oc1cccc2cccnc12. The number of ether oxygens (including phenoxy) is 1. The highest BCUT2D eigenvalue weighted by Gasteiger charge is 2.23. The van der Waals surface area contributed by atoms with Crippen molar-refractivity contribution in [1.82, 2.24) is 4.98 Å². The molecule has 1 aromatic heterocycles. The number of para-hydroxylation sites is 1. The summed E-state index contributed by atoms with van der Waals surface area (Å²) in [5.41, 5.74) is 0.879. The quantitative estimate of drug-likeness (QED) is 0.905. The normalized spacial score (nSPS) is 24.1. The van der Waals surface area contributed by atoms with Gasteiger partial charge < -0.3 is 9.84 Å². The van der Waals surface area contributed by atoms with E-state index in [-0.39, 0.29) is 12.2 Å². The van der Waals surface area contributed by atoms with E-state index in [9.17, 15) is 5.11 Å². The van der Waals surface area contributed by atoms with Gasteiger partial charge in [0.2, 0.25) is 0 Å². The third-order valence-corrected chi connectivity index (χ3v) is 4.04. The van der Waals surface area contributed by atoms with Gasteiger partial charge in [-0.1, -0.05) is 37.5 Å². The van der Waals surface area contributed by atoms with Crippen LogP contribution < -0.4 is 4.74 Å². The topological polar surface area (TPSA) is 42.4 Å². The summed E-state index contributed by atoms with van der Waals surface area (Å²) in [4.78, 5) is 4.41. The summed E-state index contributed by atoms with van der Waals surface area (Å²) in [6.07, 6.45) is 7.74. The molecule has 0 saturated heterocycles. The Hall–Kier alpha value is -1.61. The van der Waals surface area contributed by atoms with Crippen LogP contribution in [0.3, 0.4) is 0 Å². The molecular formula is C17H21NO2. The van der Waals surface area contributed by atoms with E-state index in [1.165, 1.54) is 12.8 Å². The number of fused-ring (bicyclic) bond motifs is 1. The number of hydrogen-bond acceptors (Lipinski definition) is 3. The van der Waals surface area contributed by atoms with E-state index in [1.807, 2.05) is 30.3 Å². The lowest BCUT2D eigenvalue weighted by atomic mass is 9.96. The lowest BCUT2D eigenvalue weighted by Crippen LogP contribution is -2.32. The molecule has 0 radical (unpaired) electrons. The van der Waals surface area contributed by atoms with Crippen LogP contribution >= 0.6 is 0 Å². The van der Waals surface area contributed by atoms with Gasteiger partial charge >= 0.3 is 0 Å². The minimum absolute atomic E-state index is 0.108. The highest BCUT2D eigenvalue weighted by Crippen LogP contribution is 2.27. The van der Waals surface area contributed by atoms with Crippen molar-refractivity contribution in [2.45, 2.75) is 50.7 Å². The van der Waals surface area contributed by atoms with Crippen LogP contribution in [0.1, 0.15) is 38.5 Å². The first kappa shape index (κ1) is 13.4. The van der Waals surface area contributed by atoms with Crippen molar-refractivity contribution < 1.29 is 9.84 Å². The van der Waals surface area contributed by atoms with Gasteiger partial charge in [-0.2, -0.15) is 0 Å². The molecule has 0 bridgehead atoms. The minimum Gasteiger partial charge on any atom is -0.485 e. The summed E-state index contributed by atoms with van der Waals surface area (Å²) < 4.78 is 6.10. The zero-order chi connectivity index (χ0) is 13.8. The van der Waals surface area contributed by atoms with Gasteiger partial charge in [0.15, 0.2) is 0 Å². The number of pyridine rings is 1. The van der Waals surface area contributed by atoms with E-state index in [0.29, 0.717) is 0 Å². The minimum atomic E-state index is -0.366. The summed E-state index contributed by atoms with van der Waals surface area (Å²) >= 11 is 0. The molecule has 1 saturated carbocycles. The molecule has 1 heterocycles. The highest BCUT2D eigenvalue weighted by molar-refractivity contribution is 5.84. The summed E-state index contributed by atoms with van der Waals surface area (Å²) in [5, 5.41) is 11.3. The molecule has 1 N–H and O–H groups in total. The standard InChI is InChI=1S/C17H21NO2/c19-14-9-3-1-2-4-10-15(14)20-16-11-5-7-13-8-6-12-18-17(13)16/h5-8,11-12,14-15,19H,1-4,9-10H2. The van der Waals surface area contributed by atoms with E-state index >= 15 is 0 Å². The molecule has 1 aliphatic rings. The highest BCUT2D eigenvalue weighted by atomic mass is 16.5.